The zero-order valence-corrected chi connectivity index (χ0v) is 11.0. The van der Waals surface area contributed by atoms with Gasteiger partial charge in [-0.05, 0) is 35.9 Å². The van der Waals surface area contributed by atoms with Crippen LogP contribution in [0.4, 0.5) is 15.8 Å². The molecule has 0 saturated carbocycles. The highest BCUT2D eigenvalue weighted by Crippen LogP contribution is 2.23. The molecule has 2 aromatic carbocycles. The van der Waals surface area contributed by atoms with Crippen LogP contribution < -0.4 is 15.8 Å². The van der Waals surface area contributed by atoms with Gasteiger partial charge in [-0.2, -0.15) is 5.26 Å². The molecule has 0 saturated heterocycles. The topological polar surface area (TPSA) is 71.1 Å². The first-order chi connectivity index (χ1) is 9.63. The lowest BCUT2D eigenvalue weighted by atomic mass is 10.1. The normalized spacial score (nSPS) is 9.85. The number of nitrogen functional groups attached to an aromatic ring is 1. The van der Waals surface area contributed by atoms with E-state index in [1.54, 1.807) is 31.4 Å². The number of halogens is 1. The van der Waals surface area contributed by atoms with Crippen LogP contribution in [-0.2, 0) is 6.54 Å². The zero-order chi connectivity index (χ0) is 14.5. The Bertz CT molecular complexity index is 665. The van der Waals surface area contributed by atoms with Gasteiger partial charge in [-0.25, -0.2) is 4.39 Å². The standard InChI is InChI=1S/C15H14FN3O/c1-20-15-5-3-11(7-13(15)18)9-19-14-4-2-10(8-17)6-12(14)16/h2-7,19H,9,18H2,1H3. The molecular formula is C15H14FN3O. The van der Waals surface area contributed by atoms with Gasteiger partial charge in [-0.3, -0.25) is 0 Å². The molecule has 0 radical (unpaired) electrons. The summed E-state index contributed by atoms with van der Waals surface area (Å²) in [5.74, 6) is 0.156. The van der Waals surface area contributed by atoms with Crippen LogP contribution in [0, 0.1) is 17.1 Å². The van der Waals surface area contributed by atoms with E-state index < -0.39 is 5.82 Å². The highest BCUT2D eigenvalue weighted by Gasteiger charge is 2.04. The maximum atomic E-state index is 13.7. The quantitative estimate of drug-likeness (QED) is 0.839. The summed E-state index contributed by atoms with van der Waals surface area (Å²) >= 11 is 0. The van der Waals surface area contributed by atoms with Crippen molar-refractivity contribution >= 4 is 11.4 Å². The highest BCUT2D eigenvalue weighted by molar-refractivity contribution is 5.55. The Morgan fingerprint density at radius 1 is 1.30 bits per heavy atom. The van der Waals surface area contributed by atoms with Gasteiger partial charge in [0.1, 0.15) is 11.6 Å². The van der Waals surface area contributed by atoms with E-state index in [4.69, 9.17) is 15.7 Å². The third-order valence-electron chi connectivity index (χ3n) is 2.88. The monoisotopic (exact) mass is 271 g/mol. The molecule has 0 aliphatic heterocycles. The lowest BCUT2D eigenvalue weighted by molar-refractivity contribution is 0.417. The number of benzene rings is 2. The second kappa shape index (κ2) is 5.93. The molecule has 20 heavy (non-hydrogen) atoms. The van der Waals surface area contributed by atoms with Crippen LogP contribution in [0.3, 0.4) is 0 Å². The molecule has 0 aliphatic rings. The van der Waals surface area contributed by atoms with Crippen molar-refractivity contribution in [3.8, 4) is 11.8 Å². The third kappa shape index (κ3) is 2.98. The number of nitrogens with one attached hydrogen (secondary N) is 1. The Morgan fingerprint density at radius 3 is 2.70 bits per heavy atom. The molecule has 2 aromatic rings. The van der Waals surface area contributed by atoms with Gasteiger partial charge in [0, 0.05) is 6.54 Å². The number of anilines is 2. The third-order valence-corrected chi connectivity index (χ3v) is 2.88. The number of nitrogens with zero attached hydrogens (tertiary/aromatic N) is 1. The summed E-state index contributed by atoms with van der Waals surface area (Å²) in [6.07, 6.45) is 0. The molecule has 4 nitrogen and oxygen atoms in total. The van der Waals surface area contributed by atoms with E-state index in [0.717, 1.165) is 5.56 Å². The molecule has 0 aliphatic carbocycles. The second-order valence-corrected chi connectivity index (χ2v) is 4.24. The van der Waals surface area contributed by atoms with Crippen LogP contribution in [0.2, 0.25) is 0 Å². The fourth-order valence-corrected chi connectivity index (χ4v) is 1.82. The van der Waals surface area contributed by atoms with Gasteiger partial charge in [0.2, 0.25) is 0 Å². The van der Waals surface area contributed by atoms with Crippen molar-refractivity contribution in [2.24, 2.45) is 0 Å². The van der Waals surface area contributed by atoms with Crippen LogP contribution in [0.15, 0.2) is 36.4 Å². The van der Waals surface area contributed by atoms with Crippen LogP contribution in [0.25, 0.3) is 0 Å². The molecule has 102 valence electrons. The molecule has 0 atom stereocenters. The number of hydrogen-bond donors (Lipinski definition) is 2. The second-order valence-electron chi connectivity index (χ2n) is 4.24. The van der Waals surface area contributed by atoms with Gasteiger partial charge >= 0.3 is 0 Å². The summed E-state index contributed by atoms with van der Waals surface area (Å²) in [5, 5.41) is 11.6. The summed E-state index contributed by atoms with van der Waals surface area (Å²) in [7, 11) is 1.55. The van der Waals surface area contributed by atoms with Gasteiger partial charge < -0.3 is 15.8 Å². The number of rotatable bonds is 4. The Balaban J connectivity index is 2.09. The Hall–Kier alpha value is -2.74. The fourth-order valence-electron chi connectivity index (χ4n) is 1.82. The predicted octanol–water partition coefficient (Wildman–Crippen LogP) is 2.90. The Kier molecular flexibility index (Phi) is 4.06. The van der Waals surface area contributed by atoms with Crippen LogP contribution in [-0.4, -0.2) is 7.11 Å². The Labute approximate surface area is 116 Å². The minimum Gasteiger partial charge on any atom is -0.495 e. The number of nitrogens with two attached hydrogens (primary N) is 1. The molecule has 0 bridgehead atoms. The SMILES string of the molecule is COc1ccc(CNc2ccc(C#N)cc2F)cc1N. The van der Waals surface area contributed by atoms with Crippen molar-refractivity contribution in [1.82, 2.24) is 0 Å². The summed E-state index contributed by atoms with van der Waals surface area (Å²) in [6, 6.07) is 11.6. The van der Waals surface area contributed by atoms with Gasteiger partial charge in [0.25, 0.3) is 0 Å². The molecule has 0 amide bonds. The molecule has 3 N–H and O–H groups in total. The van der Waals surface area contributed by atoms with Gasteiger partial charge in [0.15, 0.2) is 0 Å². The predicted molar refractivity (Wildman–Crippen MR) is 75.8 cm³/mol. The van der Waals surface area contributed by atoms with Gasteiger partial charge in [0.05, 0.1) is 30.1 Å². The van der Waals surface area contributed by atoms with Crippen molar-refractivity contribution in [2.45, 2.75) is 6.54 Å². The number of nitriles is 1. The minimum atomic E-state index is -0.453. The maximum Gasteiger partial charge on any atom is 0.147 e. The smallest absolute Gasteiger partial charge is 0.147 e. The van der Waals surface area contributed by atoms with Gasteiger partial charge in [-0.15, -0.1) is 0 Å². The van der Waals surface area contributed by atoms with E-state index in [-0.39, 0.29) is 0 Å². The summed E-state index contributed by atoms with van der Waals surface area (Å²) in [4.78, 5) is 0. The zero-order valence-electron chi connectivity index (χ0n) is 11.0. The average Bonchev–Trinajstić information content (AvgIpc) is 2.46. The van der Waals surface area contributed by atoms with Crippen LogP contribution >= 0.6 is 0 Å². The highest BCUT2D eigenvalue weighted by atomic mass is 19.1. The molecule has 0 heterocycles. The first-order valence-corrected chi connectivity index (χ1v) is 6.00. The number of hydrogen-bond acceptors (Lipinski definition) is 4. The van der Waals surface area contributed by atoms with Crippen molar-refractivity contribution in [1.29, 1.82) is 5.26 Å². The lowest BCUT2D eigenvalue weighted by Crippen LogP contribution is -2.03. The molecule has 5 heteroatoms. The van der Waals surface area contributed by atoms with E-state index in [2.05, 4.69) is 5.32 Å². The molecule has 0 aromatic heterocycles. The average molecular weight is 271 g/mol. The van der Waals surface area contributed by atoms with Gasteiger partial charge in [-0.1, -0.05) is 6.07 Å². The van der Waals surface area contributed by atoms with Crippen LogP contribution in [0.1, 0.15) is 11.1 Å². The van der Waals surface area contributed by atoms with Crippen molar-refractivity contribution in [3.05, 3.63) is 53.3 Å². The van der Waals surface area contributed by atoms with Crippen LogP contribution in [0.5, 0.6) is 5.75 Å². The van der Waals surface area contributed by atoms with E-state index in [9.17, 15) is 4.39 Å². The summed E-state index contributed by atoms with van der Waals surface area (Å²) < 4.78 is 18.8. The summed E-state index contributed by atoms with van der Waals surface area (Å²) in [5.41, 5.74) is 7.89. The van der Waals surface area contributed by atoms with E-state index in [1.807, 2.05) is 12.1 Å². The molecular weight excluding hydrogens is 257 g/mol. The van der Waals surface area contributed by atoms with E-state index >= 15 is 0 Å². The Morgan fingerprint density at radius 2 is 2.10 bits per heavy atom. The van der Waals surface area contributed by atoms with E-state index in [0.29, 0.717) is 29.2 Å². The molecule has 0 unspecified atom stereocenters. The first kappa shape index (κ1) is 13.7. The minimum absolute atomic E-state index is 0.293. The lowest BCUT2D eigenvalue weighted by Gasteiger charge is -2.10. The summed E-state index contributed by atoms with van der Waals surface area (Å²) in [6.45, 7) is 0.428. The number of methoxy groups -OCH3 is 1. The molecule has 0 fully saturated rings. The van der Waals surface area contributed by atoms with E-state index in [1.165, 1.54) is 6.07 Å². The maximum absolute atomic E-state index is 13.7. The largest absolute Gasteiger partial charge is 0.495 e. The first-order valence-electron chi connectivity index (χ1n) is 6.00. The van der Waals surface area contributed by atoms with Crippen molar-refractivity contribution < 1.29 is 9.13 Å². The fraction of sp³-hybridized carbons (Fsp3) is 0.133. The molecule has 0 spiro atoms. The van der Waals surface area contributed by atoms with Crippen molar-refractivity contribution in [2.75, 3.05) is 18.2 Å². The van der Waals surface area contributed by atoms with Crippen molar-refractivity contribution in [3.63, 3.8) is 0 Å². The molecule has 2 rings (SSSR count). The number of ether oxygens (including phenoxy) is 1.